The second-order valence-electron chi connectivity index (χ2n) is 6.28. The van der Waals surface area contributed by atoms with Crippen LogP contribution in [0, 0.1) is 12.7 Å². The standard InChI is InChI=1S/C20H16FN5O2S2/c1-11-17(30-19(23-11)12-6-8-13(21)9-7-12)18(28)26-25-16(27)10-22-20-24-14-4-2-3-5-15(14)29-20/h2-9H,10H2,1H3,(H,22,24)(H,25,27)(H,26,28). The van der Waals surface area contributed by atoms with Crippen LogP contribution in [0.2, 0.25) is 0 Å². The van der Waals surface area contributed by atoms with Gasteiger partial charge in [-0.3, -0.25) is 20.4 Å². The number of fused-ring (bicyclic) bond motifs is 1. The molecule has 0 aliphatic heterocycles. The Kier molecular flexibility index (Phi) is 5.68. The second-order valence-corrected chi connectivity index (χ2v) is 8.31. The van der Waals surface area contributed by atoms with Crippen molar-refractivity contribution in [1.29, 1.82) is 0 Å². The van der Waals surface area contributed by atoms with Crippen LogP contribution in [0.1, 0.15) is 15.4 Å². The number of rotatable bonds is 5. The van der Waals surface area contributed by atoms with Gasteiger partial charge in [-0.15, -0.1) is 11.3 Å². The normalized spacial score (nSPS) is 10.7. The van der Waals surface area contributed by atoms with Gasteiger partial charge in [0.15, 0.2) is 5.13 Å². The number of aromatic nitrogens is 2. The van der Waals surface area contributed by atoms with Crippen molar-refractivity contribution in [1.82, 2.24) is 20.8 Å². The van der Waals surface area contributed by atoms with Gasteiger partial charge in [-0.25, -0.2) is 14.4 Å². The highest BCUT2D eigenvalue weighted by atomic mass is 32.1. The van der Waals surface area contributed by atoms with E-state index in [-0.39, 0.29) is 12.4 Å². The number of benzene rings is 2. The van der Waals surface area contributed by atoms with Gasteiger partial charge in [0.05, 0.1) is 22.5 Å². The minimum Gasteiger partial charge on any atom is -0.352 e. The summed E-state index contributed by atoms with van der Waals surface area (Å²) in [6, 6.07) is 13.6. The van der Waals surface area contributed by atoms with Crippen molar-refractivity contribution < 1.29 is 14.0 Å². The Balaban J connectivity index is 1.32. The fraction of sp³-hybridized carbons (Fsp3) is 0.100. The van der Waals surface area contributed by atoms with Crippen LogP contribution in [0.4, 0.5) is 9.52 Å². The number of amides is 2. The lowest BCUT2D eigenvalue weighted by molar-refractivity contribution is -0.120. The Morgan fingerprint density at radius 1 is 1.00 bits per heavy atom. The highest BCUT2D eigenvalue weighted by Crippen LogP contribution is 2.28. The van der Waals surface area contributed by atoms with Gasteiger partial charge in [0.1, 0.15) is 15.7 Å². The van der Waals surface area contributed by atoms with E-state index in [9.17, 15) is 14.0 Å². The maximum Gasteiger partial charge on any atom is 0.281 e. The number of hydrazine groups is 1. The lowest BCUT2D eigenvalue weighted by Crippen LogP contribution is -2.44. The molecule has 3 N–H and O–H groups in total. The number of hydrogen-bond donors (Lipinski definition) is 3. The van der Waals surface area contributed by atoms with Gasteiger partial charge >= 0.3 is 0 Å². The van der Waals surface area contributed by atoms with Crippen molar-refractivity contribution in [3.8, 4) is 10.6 Å². The van der Waals surface area contributed by atoms with Crippen LogP contribution >= 0.6 is 22.7 Å². The Bertz CT molecular complexity index is 1190. The molecule has 2 amide bonds. The molecule has 0 spiro atoms. The van der Waals surface area contributed by atoms with E-state index >= 15 is 0 Å². The number of anilines is 1. The first-order valence-corrected chi connectivity index (χ1v) is 10.5. The van der Waals surface area contributed by atoms with E-state index in [1.807, 2.05) is 24.3 Å². The van der Waals surface area contributed by atoms with E-state index < -0.39 is 11.8 Å². The van der Waals surface area contributed by atoms with Gasteiger partial charge in [-0.1, -0.05) is 23.5 Å². The lowest BCUT2D eigenvalue weighted by atomic mass is 10.2. The molecule has 0 aliphatic carbocycles. The Morgan fingerprint density at radius 3 is 2.53 bits per heavy atom. The topological polar surface area (TPSA) is 96.0 Å². The fourth-order valence-electron chi connectivity index (χ4n) is 2.65. The van der Waals surface area contributed by atoms with Gasteiger partial charge in [0.2, 0.25) is 0 Å². The van der Waals surface area contributed by atoms with Crippen LogP contribution in [-0.4, -0.2) is 28.3 Å². The first-order valence-electron chi connectivity index (χ1n) is 8.91. The minimum absolute atomic E-state index is 0.0391. The first-order chi connectivity index (χ1) is 14.5. The average molecular weight is 442 g/mol. The number of nitrogens with zero attached hydrogens (tertiary/aromatic N) is 2. The molecule has 0 saturated carbocycles. The molecule has 0 saturated heterocycles. The van der Waals surface area contributed by atoms with E-state index in [0.717, 1.165) is 10.2 Å². The molecule has 0 bridgehead atoms. The molecule has 2 aromatic carbocycles. The van der Waals surface area contributed by atoms with Crippen LogP contribution in [0.5, 0.6) is 0 Å². The molecule has 0 unspecified atom stereocenters. The summed E-state index contributed by atoms with van der Waals surface area (Å²) in [6.07, 6.45) is 0. The molecule has 7 nitrogen and oxygen atoms in total. The zero-order valence-corrected chi connectivity index (χ0v) is 17.4. The van der Waals surface area contributed by atoms with E-state index in [4.69, 9.17) is 0 Å². The first kappa shape index (κ1) is 19.9. The molecule has 4 aromatic rings. The van der Waals surface area contributed by atoms with Gasteiger partial charge in [0, 0.05) is 5.56 Å². The van der Waals surface area contributed by atoms with Crippen LogP contribution in [0.3, 0.4) is 0 Å². The number of nitrogens with one attached hydrogen (secondary N) is 3. The largest absolute Gasteiger partial charge is 0.352 e. The summed E-state index contributed by atoms with van der Waals surface area (Å²) >= 11 is 2.61. The highest BCUT2D eigenvalue weighted by Gasteiger charge is 2.17. The Morgan fingerprint density at radius 2 is 1.77 bits per heavy atom. The molecular weight excluding hydrogens is 425 g/mol. The van der Waals surface area contributed by atoms with E-state index in [2.05, 4.69) is 26.1 Å². The van der Waals surface area contributed by atoms with Crippen LogP contribution < -0.4 is 16.2 Å². The summed E-state index contributed by atoms with van der Waals surface area (Å²) in [5.41, 5.74) is 6.86. The average Bonchev–Trinajstić information content (AvgIpc) is 3.34. The Hall–Kier alpha value is -3.37. The zero-order chi connectivity index (χ0) is 21.1. The predicted octanol–water partition coefficient (Wildman–Crippen LogP) is 3.74. The van der Waals surface area contributed by atoms with Crippen molar-refractivity contribution in [2.75, 3.05) is 11.9 Å². The minimum atomic E-state index is -0.466. The molecule has 2 aromatic heterocycles. The summed E-state index contributed by atoms with van der Waals surface area (Å²) in [7, 11) is 0. The third-order valence-electron chi connectivity index (χ3n) is 4.10. The summed E-state index contributed by atoms with van der Waals surface area (Å²) in [5, 5.41) is 4.17. The van der Waals surface area contributed by atoms with Gasteiger partial charge in [-0.05, 0) is 43.3 Å². The predicted molar refractivity (Wildman–Crippen MR) is 116 cm³/mol. The van der Waals surface area contributed by atoms with Gasteiger partial charge in [-0.2, -0.15) is 0 Å². The van der Waals surface area contributed by atoms with Gasteiger partial charge < -0.3 is 5.32 Å². The molecule has 0 radical (unpaired) electrons. The monoisotopic (exact) mass is 441 g/mol. The molecule has 0 atom stereocenters. The van der Waals surface area contributed by atoms with E-state index in [1.54, 1.807) is 19.1 Å². The number of thiazole rings is 2. The third-order valence-corrected chi connectivity index (χ3v) is 6.30. The van der Waals surface area contributed by atoms with Crippen molar-refractivity contribution >= 4 is 49.8 Å². The van der Waals surface area contributed by atoms with Crippen molar-refractivity contribution in [2.45, 2.75) is 6.92 Å². The van der Waals surface area contributed by atoms with Crippen LogP contribution in [0.15, 0.2) is 48.5 Å². The van der Waals surface area contributed by atoms with Gasteiger partial charge in [0.25, 0.3) is 11.8 Å². The van der Waals surface area contributed by atoms with Crippen molar-refractivity contribution in [2.24, 2.45) is 0 Å². The summed E-state index contributed by atoms with van der Waals surface area (Å²) in [6.45, 7) is 1.66. The maximum absolute atomic E-state index is 13.1. The summed E-state index contributed by atoms with van der Waals surface area (Å²) < 4.78 is 14.1. The van der Waals surface area contributed by atoms with Crippen LogP contribution in [0.25, 0.3) is 20.8 Å². The molecule has 0 fully saturated rings. The number of aryl methyl sites for hydroxylation is 1. The molecule has 30 heavy (non-hydrogen) atoms. The second kappa shape index (κ2) is 8.56. The number of carbonyl (C=O) groups is 2. The van der Waals surface area contributed by atoms with E-state index in [1.165, 1.54) is 34.8 Å². The molecule has 0 aliphatic rings. The smallest absolute Gasteiger partial charge is 0.281 e. The van der Waals surface area contributed by atoms with E-state index in [0.29, 0.717) is 26.3 Å². The molecule has 2 heterocycles. The SMILES string of the molecule is Cc1nc(-c2ccc(F)cc2)sc1C(=O)NNC(=O)CNc1nc2ccccc2s1. The number of hydrogen-bond acceptors (Lipinski definition) is 7. The number of halogens is 1. The molecular formula is C20H16FN5O2S2. The fourth-order valence-corrected chi connectivity index (χ4v) is 4.48. The molecule has 152 valence electrons. The summed E-state index contributed by atoms with van der Waals surface area (Å²) in [5.74, 6) is -1.22. The van der Waals surface area contributed by atoms with Crippen molar-refractivity contribution in [3.05, 3.63) is 64.9 Å². The third kappa shape index (κ3) is 4.44. The zero-order valence-electron chi connectivity index (χ0n) is 15.7. The highest BCUT2D eigenvalue weighted by molar-refractivity contribution is 7.22. The van der Waals surface area contributed by atoms with Crippen LogP contribution in [-0.2, 0) is 4.79 Å². The lowest BCUT2D eigenvalue weighted by Gasteiger charge is -2.07. The van der Waals surface area contributed by atoms with Crippen molar-refractivity contribution in [3.63, 3.8) is 0 Å². The maximum atomic E-state index is 13.1. The Labute approximate surface area is 179 Å². The molecule has 10 heteroatoms. The quantitative estimate of drug-likeness (QED) is 0.410. The number of carbonyl (C=O) groups excluding carboxylic acids is 2. The summed E-state index contributed by atoms with van der Waals surface area (Å²) in [4.78, 5) is 33.6. The number of para-hydroxylation sites is 1. The molecule has 4 rings (SSSR count).